The summed E-state index contributed by atoms with van der Waals surface area (Å²) in [5.41, 5.74) is 2.40. The summed E-state index contributed by atoms with van der Waals surface area (Å²) in [6.07, 6.45) is -3.98. The molecule has 0 saturated carbocycles. The Labute approximate surface area is 360 Å². The van der Waals surface area contributed by atoms with Crippen molar-refractivity contribution in [2.45, 2.75) is 86.5 Å². The Morgan fingerprint density at radius 3 is 1.48 bits per heavy atom. The van der Waals surface area contributed by atoms with Crippen molar-refractivity contribution in [1.82, 2.24) is 0 Å². The topological polar surface area (TPSA) is 75.6 Å². The molecule has 6 atom stereocenters. The second kappa shape index (κ2) is 20.8. The van der Waals surface area contributed by atoms with Crippen LogP contribution in [0.15, 0.2) is 181 Å². The second-order valence-electron chi connectivity index (χ2n) is 16.1. The maximum Gasteiger partial charge on any atom is 0.261 e. The van der Waals surface area contributed by atoms with E-state index >= 15 is 0 Å². The standard InChI is InChI=1S/C51H56O7SSi/c1-51(2,3)60(43-26-16-8-17-27-43,44-28-18-9-19-29-44)57-37-45(52)46-47(54-36-40-30-32-41(53-4)33-31-40)48(55-34-38-20-10-5-11-21-38)49(56-35-39-22-12-6-13-23-39)50(58-46)59-42-24-14-7-15-25-42/h5-33,45-50,52H,34-37H2,1-4H3/t45-,46+,47+,48-,49-,50+/m0/s1. The molecule has 1 aliphatic heterocycles. The normalized spacial score (nSPS) is 20.1. The number of aliphatic hydroxyl groups excluding tert-OH is 1. The van der Waals surface area contributed by atoms with Gasteiger partial charge in [-0.1, -0.05) is 184 Å². The van der Waals surface area contributed by atoms with E-state index in [0.717, 1.165) is 37.7 Å². The Kier molecular flexibility index (Phi) is 15.1. The van der Waals surface area contributed by atoms with Crippen molar-refractivity contribution < 1.29 is 33.2 Å². The van der Waals surface area contributed by atoms with Crippen LogP contribution in [0.4, 0.5) is 0 Å². The molecule has 0 radical (unpaired) electrons. The minimum absolute atomic E-state index is 0.00398. The Hall–Kier alpha value is -4.55. The molecule has 0 bridgehead atoms. The van der Waals surface area contributed by atoms with E-state index in [-0.39, 0.29) is 18.3 Å². The molecule has 6 aromatic rings. The van der Waals surface area contributed by atoms with E-state index < -0.39 is 44.3 Å². The van der Waals surface area contributed by atoms with Crippen LogP contribution in [0.25, 0.3) is 0 Å². The highest BCUT2D eigenvalue weighted by Gasteiger charge is 2.54. The van der Waals surface area contributed by atoms with Crippen molar-refractivity contribution in [1.29, 1.82) is 0 Å². The Morgan fingerprint density at radius 2 is 1.00 bits per heavy atom. The van der Waals surface area contributed by atoms with Gasteiger partial charge in [-0.15, -0.1) is 0 Å². The number of ether oxygens (including phenoxy) is 5. The molecule has 0 aliphatic carbocycles. The van der Waals surface area contributed by atoms with Gasteiger partial charge < -0.3 is 33.2 Å². The fourth-order valence-corrected chi connectivity index (χ4v) is 13.7. The summed E-state index contributed by atoms with van der Waals surface area (Å²) in [6.45, 7) is 7.59. The first-order valence-electron chi connectivity index (χ1n) is 20.6. The molecular weight excluding hydrogens is 785 g/mol. The van der Waals surface area contributed by atoms with Gasteiger partial charge in [0.25, 0.3) is 8.32 Å². The third-order valence-electron chi connectivity index (χ3n) is 11.0. The van der Waals surface area contributed by atoms with E-state index in [2.05, 4.69) is 93.6 Å². The average Bonchev–Trinajstić information content (AvgIpc) is 3.29. The molecule has 1 heterocycles. The number of thioether (sulfide) groups is 1. The van der Waals surface area contributed by atoms with Crippen LogP contribution in [-0.4, -0.2) is 63.1 Å². The predicted octanol–water partition coefficient (Wildman–Crippen LogP) is 9.21. The van der Waals surface area contributed by atoms with Crippen LogP contribution in [-0.2, 0) is 43.2 Å². The van der Waals surface area contributed by atoms with Gasteiger partial charge in [-0.25, -0.2) is 0 Å². The largest absolute Gasteiger partial charge is 0.497 e. The van der Waals surface area contributed by atoms with Gasteiger partial charge in [-0.2, -0.15) is 0 Å². The highest BCUT2D eigenvalue weighted by molar-refractivity contribution is 7.99. The van der Waals surface area contributed by atoms with Crippen molar-refractivity contribution in [2.24, 2.45) is 0 Å². The van der Waals surface area contributed by atoms with Crippen molar-refractivity contribution in [3.05, 3.63) is 193 Å². The first kappa shape index (κ1) is 43.5. The lowest BCUT2D eigenvalue weighted by Gasteiger charge is -2.48. The van der Waals surface area contributed by atoms with E-state index in [4.69, 9.17) is 28.1 Å². The zero-order chi connectivity index (χ0) is 41.8. The average molecular weight is 841 g/mol. The fraction of sp³-hybridized carbons (Fsp3) is 0.294. The summed E-state index contributed by atoms with van der Waals surface area (Å²) >= 11 is 1.56. The van der Waals surface area contributed by atoms with Crippen molar-refractivity contribution in [3.8, 4) is 5.75 Å². The molecule has 60 heavy (non-hydrogen) atoms. The Morgan fingerprint density at radius 1 is 0.567 bits per heavy atom. The Balaban J connectivity index is 1.28. The van der Waals surface area contributed by atoms with Gasteiger partial charge in [-0.05, 0) is 56.4 Å². The molecule has 0 spiro atoms. The van der Waals surface area contributed by atoms with Crippen LogP contribution in [0.2, 0.25) is 5.04 Å². The molecule has 1 N–H and O–H groups in total. The zero-order valence-electron chi connectivity index (χ0n) is 34.8. The van der Waals surface area contributed by atoms with E-state index in [1.165, 1.54) is 0 Å². The highest BCUT2D eigenvalue weighted by Crippen LogP contribution is 2.41. The maximum absolute atomic E-state index is 12.7. The molecule has 9 heteroatoms. The molecule has 6 aromatic carbocycles. The summed E-state index contributed by atoms with van der Waals surface area (Å²) < 4.78 is 40.7. The molecule has 7 nitrogen and oxygen atoms in total. The molecule has 7 rings (SSSR count). The first-order chi connectivity index (χ1) is 29.2. The third kappa shape index (κ3) is 10.7. The number of benzene rings is 6. The SMILES string of the molecule is COc1ccc(CO[C@H]2[C@H](OCc3ccccc3)[C@H](OCc3ccccc3)[C@@H](Sc3ccccc3)O[C@@H]2[C@@H](O)CO[Si](c2ccccc2)(c2ccccc2)C(C)(C)C)cc1. The molecular formula is C51H56O7SSi. The van der Waals surface area contributed by atoms with Gasteiger partial charge >= 0.3 is 0 Å². The maximum atomic E-state index is 12.7. The van der Waals surface area contributed by atoms with Crippen molar-refractivity contribution >= 4 is 30.5 Å². The van der Waals surface area contributed by atoms with Crippen LogP contribution >= 0.6 is 11.8 Å². The summed E-state index contributed by atoms with van der Waals surface area (Å²) in [4.78, 5) is 1.01. The Bertz CT molecular complexity index is 2100. The van der Waals surface area contributed by atoms with Crippen LogP contribution < -0.4 is 15.1 Å². The quantitative estimate of drug-likeness (QED) is 0.0860. The molecule has 1 fully saturated rings. The van der Waals surface area contributed by atoms with Crippen molar-refractivity contribution in [2.75, 3.05) is 13.7 Å². The molecule has 0 aromatic heterocycles. The molecule has 0 unspecified atom stereocenters. The lowest BCUT2D eigenvalue weighted by molar-refractivity contribution is -0.264. The number of hydrogen-bond acceptors (Lipinski definition) is 8. The smallest absolute Gasteiger partial charge is 0.261 e. The van der Waals surface area contributed by atoms with Crippen molar-refractivity contribution in [3.63, 3.8) is 0 Å². The summed E-state index contributed by atoms with van der Waals surface area (Å²) in [6, 6.07) is 59.1. The van der Waals surface area contributed by atoms with Crippen LogP contribution in [0.3, 0.4) is 0 Å². The zero-order valence-corrected chi connectivity index (χ0v) is 36.7. The third-order valence-corrected chi connectivity index (χ3v) is 17.1. The van der Waals surface area contributed by atoms with Gasteiger partial charge in [0.05, 0.1) is 33.5 Å². The summed E-state index contributed by atoms with van der Waals surface area (Å²) in [7, 11) is -1.37. The van der Waals surface area contributed by atoms with Gasteiger partial charge in [0.2, 0.25) is 0 Å². The molecule has 0 amide bonds. The minimum Gasteiger partial charge on any atom is -0.497 e. The van der Waals surface area contributed by atoms with Gasteiger partial charge in [0.15, 0.2) is 0 Å². The molecule has 312 valence electrons. The lowest BCUT2D eigenvalue weighted by atomic mass is 9.95. The van der Waals surface area contributed by atoms with Gasteiger partial charge in [-0.3, -0.25) is 0 Å². The van der Waals surface area contributed by atoms with E-state index in [1.807, 2.05) is 103 Å². The minimum atomic E-state index is -3.03. The number of aliphatic hydroxyl groups is 1. The van der Waals surface area contributed by atoms with Crippen LogP contribution in [0.5, 0.6) is 5.75 Å². The summed E-state index contributed by atoms with van der Waals surface area (Å²) in [5, 5.41) is 14.6. The number of rotatable bonds is 18. The van der Waals surface area contributed by atoms with E-state index in [0.29, 0.717) is 13.2 Å². The van der Waals surface area contributed by atoms with E-state index in [9.17, 15) is 5.11 Å². The molecule has 1 aliphatic rings. The van der Waals surface area contributed by atoms with Gasteiger partial charge in [0.1, 0.15) is 41.7 Å². The lowest BCUT2D eigenvalue weighted by Crippen LogP contribution is -2.68. The van der Waals surface area contributed by atoms with E-state index in [1.54, 1.807) is 18.9 Å². The number of hydrogen-bond donors (Lipinski definition) is 1. The first-order valence-corrected chi connectivity index (χ1v) is 23.4. The predicted molar refractivity (Wildman–Crippen MR) is 242 cm³/mol. The number of methoxy groups -OCH3 is 1. The van der Waals surface area contributed by atoms with Crippen LogP contribution in [0, 0.1) is 0 Å². The monoisotopic (exact) mass is 840 g/mol. The van der Waals surface area contributed by atoms with Crippen LogP contribution in [0.1, 0.15) is 37.5 Å². The summed E-state index contributed by atoms with van der Waals surface area (Å²) in [5.74, 6) is 0.757. The van der Waals surface area contributed by atoms with Gasteiger partial charge in [0, 0.05) is 4.90 Å². The highest BCUT2D eigenvalue weighted by atomic mass is 32.2. The molecule has 1 saturated heterocycles. The fourth-order valence-electron chi connectivity index (χ4n) is 7.94. The second-order valence-corrected chi connectivity index (χ2v) is 21.6.